The predicted molar refractivity (Wildman–Crippen MR) is 98.1 cm³/mol. The van der Waals surface area contributed by atoms with Gasteiger partial charge in [-0.2, -0.15) is 0 Å². The second-order valence-corrected chi connectivity index (χ2v) is 8.15. The van der Waals surface area contributed by atoms with Crippen molar-refractivity contribution < 1.29 is 18.8 Å². The fraction of sp³-hybridized carbons (Fsp3) is 0.632. The molecule has 25 heavy (non-hydrogen) atoms. The lowest BCUT2D eigenvalue weighted by Crippen LogP contribution is -2.41. The topological polar surface area (TPSA) is 56.8 Å². The number of aryl methyl sites for hydroxylation is 1. The molecule has 1 aliphatic heterocycles. The molecule has 6 heteroatoms. The first-order chi connectivity index (χ1) is 11.7. The Bertz CT molecular complexity index is 639. The molecule has 2 aliphatic rings. The zero-order valence-electron chi connectivity index (χ0n) is 15.8. The van der Waals surface area contributed by atoms with Crippen molar-refractivity contribution in [2.75, 3.05) is 13.2 Å². The molecular formula is C19H28BNO4. The first kappa shape index (κ1) is 18.3. The summed E-state index contributed by atoms with van der Waals surface area (Å²) in [5.74, 6) is 1.31. The summed E-state index contributed by atoms with van der Waals surface area (Å²) >= 11 is 0. The van der Waals surface area contributed by atoms with Crippen molar-refractivity contribution in [2.24, 2.45) is 5.92 Å². The molecule has 0 aromatic heterocycles. The third-order valence-electron chi connectivity index (χ3n) is 5.37. The third-order valence-corrected chi connectivity index (χ3v) is 5.37. The Labute approximate surface area is 150 Å². The van der Waals surface area contributed by atoms with Gasteiger partial charge in [0.2, 0.25) is 0 Å². The first-order valence-electron chi connectivity index (χ1n) is 9.04. The fourth-order valence-electron chi connectivity index (χ4n) is 2.73. The lowest BCUT2D eigenvalue weighted by atomic mass is 9.78. The van der Waals surface area contributed by atoms with Crippen molar-refractivity contribution >= 4 is 18.5 Å². The van der Waals surface area contributed by atoms with Crippen LogP contribution in [0.15, 0.2) is 18.2 Å². The highest BCUT2D eigenvalue weighted by Crippen LogP contribution is 2.36. The van der Waals surface area contributed by atoms with Gasteiger partial charge in [-0.15, -0.1) is 0 Å². The Kier molecular flexibility index (Phi) is 4.86. The van der Waals surface area contributed by atoms with Crippen LogP contribution in [0, 0.1) is 12.8 Å². The van der Waals surface area contributed by atoms with Crippen LogP contribution in [0.1, 0.15) is 46.1 Å². The Hall–Kier alpha value is -1.53. The van der Waals surface area contributed by atoms with E-state index in [1.54, 1.807) is 0 Å². The monoisotopic (exact) mass is 345 g/mol. The van der Waals surface area contributed by atoms with Crippen molar-refractivity contribution in [3.8, 4) is 5.75 Å². The molecule has 1 heterocycles. The van der Waals surface area contributed by atoms with Gasteiger partial charge in [-0.05, 0) is 70.5 Å². The van der Waals surface area contributed by atoms with Crippen molar-refractivity contribution in [3.05, 3.63) is 23.8 Å². The molecule has 1 saturated heterocycles. The van der Waals surface area contributed by atoms with Crippen molar-refractivity contribution in [1.82, 2.24) is 5.32 Å². The zero-order chi connectivity index (χ0) is 18.2. The van der Waals surface area contributed by atoms with E-state index >= 15 is 0 Å². The largest absolute Gasteiger partial charge is 0.494 e. The quantitative estimate of drug-likeness (QED) is 0.803. The van der Waals surface area contributed by atoms with Gasteiger partial charge in [-0.25, -0.2) is 0 Å². The Morgan fingerprint density at radius 3 is 2.44 bits per heavy atom. The highest BCUT2D eigenvalue weighted by atomic mass is 16.7. The summed E-state index contributed by atoms with van der Waals surface area (Å²) in [6.07, 6.45) is 2.45. The first-order valence-corrected chi connectivity index (χ1v) is 9.04. The number of hydrogen-bond acceptors (Lipinski definition) is 4. The van der Waals surface area contributed by atoms with Crippen LogP contribution >= 0.6 is 0 Å². The maximum Gasteiger partial charge on any atom is 0.494 e. The lowest BCUT2D eigenvalue weighted by Gasteiger charge is -2.32. The number of nitrogens with one attached hydrogen (secondary N) is 1. The Morgan fingerprint density at radius 1 is 1.24 bits per heavy atom. The zero-order valence-corrected chi connectivity index (χ0v) is 15.8. The van der Waals surface area contributed by atoms with E-state index in [2.05, 4.69) is 5.32 Å². The van der Waals surface area contributed by atoms with Gasteiger partial charge in [0.05, 0.1) is 11.2 Å². The van der Waals surface area contributed by atoms with Crippen LogP contribution in [-0.4, -0.2) is 37.4 Å². The minimum absolute atomic E-state index is 0.0450. The summed E-state index contributed by atoms with van der Waals surface area (Å²) in [4.78, 5) is 11.8. The number of carbonyl (C=O) groups excluding carboxylic acids is 1. The van der Waals surface area contributed by atoms with E-state index in [0.29, 0.717) is 11.7 Å². The van der Waals surface area contributed by atoms with E-state index in [9.17, 15) is 4.79 Å². The second kappa shape index (κ2) is 6.65. The van der Waals surface area contributed by atoms with Crippen molar-refractivity contribution in [1.29, 1.82) is 0 Å². The van der Waals surface area contributed by atoms with Crippen molar-refractivity contribution in [2.45, 2.75) is 58.7 Å². The van der Waals surface area contributed by atoms with Gasteiger partial charge in [0.15, 0.2) is 6.61 Å². The molecule has 1 amide bonds. The molecule has 0 radical (unpaired) electrons. The molecule has 2 fully saturated rings. The van der Waals surface area contributed by atoms with E-state index in [1.165, 1.54) is 12.8 Å². The molecule has 0 spiro atoms. The van der Waals surface area contributed by atoms with Crippen LogP contribution < -0.4 is 15.5 Å². The van der Waals surface area contributed by atoms with Gasteiger partial charge in [0.1, 0.15) is 5.75 Å². The number of rotatable bonds is 6. The van der Waals surface area contributed by atoms with Gasteiger partial charge < -0.3 is 19.4 Å². The van der Waals surface area contributed by atoms with Gasteiger partial charge in [0, 0.05) is 6.54 Å². The number of benzene rings is 1. The molecule has 3 rings (SSSR count). The SMILES string of the molecule is Cc1cc(B2OC(C)(C)C(C)(C)O2)ccc1OCC(=O)NCC1CC1. The maximum absolute atomic E-state index is 11.8. The molecule has 1 aromatic rings. The highest BCUT2D eigenvalue weighted by Gasteiger charge is 2.51. The number of amides is 1. The summed E-state index contributed by atoms with van der Waals surface area (Å²) in [6, 6.07) is 5.82. The number of carbonyl (C=O) groups is 1. The Morgan fingerprint density at radius 2 is 1.88 bits per heavy atom. The Balaban J connectivity index is 1.58. The third kappa shape index (κ3) is 4.18. The van der Waals surface area contributed by atoms with Crippen LogP contribution in [0.4, 0.5) is 0 Å². The van der Waals surface area contributed by atoms with E-state index < -0.39 is 0 Å². The molecule has 0 bridgehead atoms. The van der Waals surface area contributed by atoms with Crippen LogP contribution in [0.2, 0.25) is 0 Å². The van der Waals surface area contributed by atoms with E-state index in [0.717, 1.165) is 17.6 Å². The van der Waals surface area contributed by atoms with E-state index in [1.807, 2.05) is 52.8 Å². The standard InChI is InChI=1S/C19H28BNO4/c1-13-10-15(20-24-18(2,3)19(4,5)25-20)8-9-16(13)23-12-17(22)21-11-14-6-7-14/h8-10,14H,6-7,11-12H2,1-5H3,(H,21,22). The minimum atomic E-state index is -0.389. The average Bonchev–Trinajstić information content (AvgIpc) is 3.31. The maximum atomic E-state index is 11.8. The van der Waals surface area contributed by atoms with E-state index in [4.69, 9.17) is 14.0 Å². The number of ether oxygens (including phenoxy) is 1. The second-order valence-electron chi connectivity index (χ2n) is 8.15. The molecule has 1 aromatic carbocycles. The van der Waals surface area contributed by atoms with Gasteiger partial charge in [-0.3, -0.25) is 4.79 Å². The highest BCUT2D eigenvalue weighted by molar-refractivity contribution is 6.62. The fourth-order valence-corrected chi connectivity index (χ4v) is 2.73. The molecule has 1 N–H and O–H groups in total. The molecule has 136 valence electrons. The van der Waals surface area contributed by atoms with Crippen LogP contribution in [0.25, 0.3) is 0 Å². The summed E-state index contributed by atoms with van der Waals surface area (Å²) < 4.78 is 17.8. The summed E-state index contributed by atoms with van der Waals surface area (Å²) in [5.41, 5.74) is 1.20. The van der Waals surface area contributed by atoms with Gasteiger partial charge in [-0.1, -0.05) is 12.1 Å². The minimum Gasteiger partial charge on any atom is -0.484 e. The normalized spacial score (nSPS) is 21.2. The smallest absolute Gasteiger partial charge is 0.484 e. The molecule has 1 aliphatic carbocycles. The summed E-state index contributed by atoms with van der Waals surface area (Å²) in [7, 11) is -0.389. The molecule has 5 nitrogen and oxygen atoms in total. The van der Waals surface area contributed by atoms with Gasteiger partial charge in [0.25, 0.3) is 5.91 Å². The van der Waals surface area contributed by atoms with E-state index in [-0.39, 0.29) is 30.8 Å². The van der Waals surface area contributed by atoms with Crippen LogP contribution in [0.3, 0.4) is 0 Å². The summed E-state index contributed by atoms with van der Waals surface area (Å²) in [5, 5.41) is 2.90. The molecular weight excluding hydrogens is 317 g/mol. The molecule has 1 saturated carbocycles. The van der Waals surface area contributed by atoms with Gasteiger partial charge >= 0.3 is 7.12 Å². The average molecular weight is 345 g/mol. The van der Waals surface area contributed by atoms with Crippen molar-refractivity contribution in [3.63, 3.8) is 0 Å². The van der Waals surface area contributed by atoms with Crippen LogP contribution in [0.5, 0.6) is 5.75 Å². The van der Waals surface area contributed by atoms with Crippen LogP contribution in [-0.2, 0) is 14.1 Å². The predicted octanol–water partition coefficient (Wildman–Crippen LogP) is 2.20. The summed E-state index contributed by atoms with van der Waals surface area (Å²) in [6.45, 7) is 10.9. The number of hydrogen-bond donors (Lipinski definition) is 1. The molecule has 0 atom stereocenters. The lowest BCUT2D eigenvalue weighted by molar-refractivity contribution is -0.123. The molecule has 0 unspecified atom stereocenters.